The van der Waals surface area contributed by atoms with E-state index in [1.54, 1.807) is 39.8 Å². The summed E-state index contributed by atoms with van der Waals surface area (Å²) >= 11 is 0. The summed E-state index contributed by atoms with van der Waals surface area (Å²) in [5.41, 5.74) is -1.69. The number of amides is 12. The van der Waals surface area contributed by atoms with Gasteiger partial charge in [-0.2, -0.15) is 26.3 Å². The molecular weight excluding hydrogens is 1440 g/mol. The Hall–Kier alpha value is -7.22. The fourth-order valence-corrected chi connectivity index (χ4v) is 17.3. The van der Waals surface area contributed by atoms with Gasteiger partial charge in [0.05, 0.1) is 31.5 Å². The van der Waals surface area contributed by atoms with E-state index >= 15 is 42.3 Å². The van der Waals surface area contributed by atoms with E-state index in [0.29, 0.717) is 38.5 Å². The molecule has 0 aromatic rings. The van der Waals surface area contributed by atoms with Crippen LogP contribution in [-0.2, 0) is 62.3 Å². The Balaban J connectivity index is 1.20. The van der Waals surface area contributed by atoms with E-state index in [0.717, 1.165) is 37.3 Å². The summed E-state index contributed by atoms with van der Waals surface area (Å²) in [4.78, 5) is 192. The molecule has 12 amide bonds. The molecule has 5 saturated carbocycles. The molecule has 3 unspecified atom stereocenters. The predicted octanol–water partition coefficient (Wildman–Crippen LogP) is 6.50. The van der Waals surface area contributed by atoms with E-state index in [9.17, 15) is 50.3 Å². The van der Waals surface area contributed by atoms with Crippen LogP contribution in [0.4, 0.5) is 35.1 Å². The number of nitrogens with one attached hydrogen (secondary N) is 3. The van der Waals surface area contributed by atoms with Crippen molar-refractivity contribution in [3.63, 3.8) is 0 Å². The number of likely N-dealkylation sites (N-methyl/N-ethyl adjacent to an activating group) is 7. The standard InChI is InChI=1S/C76H116F8N12O13/c1-12-44(4)63-71(106)90(7)43-61(99)91(8)54-23-16-15-19-34-95(70(54)105)58(38-46-26-29-49(30-27-46)75(79,80)81)69(104)89(6)42-59(97)85-53(31-28-47-35-51(77)62(52(78)36-47)76(82,83)84)67(102)96-41-50(109-14-3)39-56(96)66(101)87-74(32-20-33-74)73(108)94(11)64(48-21-17-18-22-48)72(107)93(10)57(68(103)88(5)13-2)40-60(98)92(9)55(65(100)86-63)37-45-24-25-45/h15-16,44-58,62-64H,12-14,17-43H2,1-11H3,(H,85,97)(H,86,100)(H,87,101)/b16-15-/t44-,46?,47?,49?,50+,51?,52?,53-,54?,55-,56-,57-,58-,62?,63-,64-/m0/s1. The second-order valence-corrected chi connectivity index (χ2v) is 32.3. The summed E-state index contributed by atoms with van der Waals surface area (Å²) < 4.78 is 121. The molecule has 8 rings (SSSR count). The van der Waals surface area contributed by atoms with Gasteiger partial charge in [0, 0.05) is 82.0 Å². The van der Waals surface area contributed by atoms with Gasteiger partial charge in [0.15, 0.2) is 0 Å². The van der Waals surface area contributed by atoms with E-state index in [-0.39, 0.29) is 109 Å². The third-order valence-corrected chi connectivity index (χ3v) is 24.9. The number of hydrogen-bond donors (Lipinski definition) is 3. The van der Waals surface area contributed by atoms with Crippen molar-refractivity contribution in [2.24, 2.45) is 41.4 Å². The first-order chi connectivity index (χ1) is 51.3. The van der Waals surface area contributed by atoms with Gasteiger partial charge in [0.25, 0.3) is 0 Å². The minimum Gasteiger partial charge on any atom is -0.377 e. The highest BCUT2D eigenvalue weighted by Gasteiger charge is 2.56. The predicted molar refractivity (Wildman–Crippen MR) is 384 cm³/mol. The van der Waals surface area contributed by atoms with Crippen LogP contribution < -0.4 is 16.0 Å². The zero-order valence-electron chi connectivity index (χ0n) is 65.1. The Morgan fingerprint density at radius 3 is 1.79 bits per heavy atom. The van der Waals surface area contributed by atoms with Gasteiger partial charge >= 0.3 is 12.4 Å². The van der Waals surface area contributed by atoms with Gasteiger partial charge in [-0.1, -0.05) is 58.1 Å². The van der Waals surface area contributed by atoms with E-state index in [1.165, 1.54) is 68.9 Å². The molecule has 0 radical (unpaired) electrons. The lowest BCUT2D eigenvalue weighted by Crippen LogP contribution is -2.68. The Morgan fingerprint density at radius 2 is 1.23 bits per heavy atom. The number of fused-ring (bicyclic) bond motifs is 3. The number of carbonyl (C=O) groups excluding carboxylic acids is 12. The van der Waals surface area contributed by atoms with E-state index < -0.39 is 230 Å². The lowest BCUT2D eigenvalue weighted by molar-refractivity contribution is -0.219. The Labute approximate surface area is 634 Å². The smallest absolute Gasteiger partial charge is 0.377 e. The van der Waals surface area contributed by atoms with Crippen LogP contribution in [0.2, 0.25) is 0 Å². The number of hydrogen-bond acceptors (Lipinski definition) is 13. The maximum atomic E-state index is 15.6. The fourth-order valence-electron chi connectivity index (χ4n) is 17.3. The number of halogens is 8. The molecule has 0 aromatic carbocycles. The van der Waals surface area contributed by atoms with Crippen LogP contribution in [0.15, 0.2) is 12.2 Å². The highest BCUT2D eigenvalue weighted by molar-refractivity contribution is 6.01. The molecule has 614 valence electrons. The molecular formula is C76H116F8N12O13. The van der Waals surface area contributed by atoms with Gasteiger partial charge in [0.1, 0.15) is 72.1 Å². The second kappa shape index (κ2) is 37.4. The van der Waals surface area contributed by atoms with Crippen molar-refractivity contribution < 1.29 is 97.4 Å². The van der Waals surface area contributed by atoms with Crippen molar-refractivity contribution in [1.82, 2.24) is 60.0 Å². The number of ether oxygens (including phenoxy) is 1. The van der Waals surface area contributed by atoms with Crippen LogP contribution in [0.3, 0.4) is 0 Å². The van der Waals surface area contributed by atoms with Crippen molar-refractivity contribution in [2.75, 3.05) is 88.7 Å². The molecule has 12 atom stereocenters. The van der Waals surface area contributed by atoms with Gasteiger partial charge in [0.2, 0.25) is 70.9 Å². The maximum absolute atomic E-state index is 15.6. The molecule has 33 heteroatoms. The summed E-state index contributed by atoms with van der Waals surface area (Å²) in [5, 5.41) is 8.46. The van der Waals surface area contributed by atoms with Crippen molar-refractivity contribution >= 4 is 70.9 Å². The monoisotopic (exact) mass is 1560 g/mol. The number of carbonyl (C=O) groups is 12. The Kier molecular flexibility index (Phi) is 30.0. The molecule has 3 N–H and O–H groups in total. The first-order valence-electron chi connectivity index (χ1n) is 39.3. The van der Waals surface area contributed by atoms with Crippen LogP contribution in [-0.4, -0.2) is 288 Å². The summed E-state index contributed by atoms with van der Waals surface area (Å²) in [7, 11) is 9.58. The van der Waals surface area contributed by atoms with Crippen LogP contribution in [0, 0.1) is 41.4 Å². The van der Waals surface area contributed by atoms with E-state index in [4.69, 9.17) is 4.74 Å². The van der Waals surface area contributed by atoms with Crippen molar-refractivity contribution in [3.8, 4) is 0 Å². The Bertz CT molecular complexity index is 3280. The third-order valence-electron chi connectivity index (χ3n) is 24.9. The zero-order valence-corrected chi connectivity index (χ0v) is 65.1. The van der Waals surface area contributed by atoms with Crippen molar-refractivity contribution in [1.29, 1.82) is 0 Å². The highest BCUT2D eigenvalue weighted by atomic mass is 19.4. The molecule has 109 heavy (non-hydrogen) atoms. The Morgan fingerprint density at radius 1 is 0.624 bits per heavy atom. The minimum absolute atomic E-state index is 0.00223. The van der Waals surface area contributed by atoms with Crippen molar-refractivity contribution in [3.05, 3.63) is 12.2 Å². The van der Waals surface area contributed by atoms with Gasteiger partial charge in [-0.05, 0) is 153 Å². The maximum Gasteiger partial charge on any atom is 0.397 e. The minimum atomic E-state index is -5.22. The van der Waals surface area contributed by atoms with Crippen LogP contribution in [0.5, 0.6) is 0 Å². The SMILES string of the molecule is CCO[C@@H]1C[C@H]2C(=O)NC3(CCC3)C(=O)N(C)[C@@H](C3CCCC3)C(=O)N(C)[C@H](C(=O)N(C)CC)CC(=O)N(C)[C@@H](CC3CC3)C(=O)N[C@@H]([C@@H](C)CC)C(=O)N(C)CC(=O)N(C)C3C/C=C\CCN(C3=O)[C@@H](CC3CCC(C(F)(F)F)CC3)C(=O)N(C)CC(=O)N[C@@H](CCC3CC(F)C(C(F)(F)F)C(F)C3)C(=O)N2C1. The van der Waals surface area contributed by atoms with Gasteiger partial charge in [-0.3, -0.25) is 57.5 Å². The number of nitrogens with zero attached hydrogens (tertiary/aromatic N) is 9. The summed E-state index contributed by atoms with van der Waals surface area (Å²) in [6, 6.07) is -11.3. The molecule has 2 bridgehead atoms. The summed E-state index contributed by atoms with van der Waals surface area (Å²) in [6.07, 6.45) is -11.5. The molecule has 2 saturated heterocycles. The molecule has 3 heterocycles. The topological polar surface area (TPSA) is 279 Å². The number of alkyl halides is 8. The van der Waals surface area contributed by atoms with Gasteiger partial charge < -0.3 is 64.8 Å². The molecule has 1 spiro atoms. The molecule has 0 aromatic heterocycles. The molecule has 7 fully saturated rings. The van der Waals surface area contributed by atoms with Gasteiger partial charge in [-0.15, -0.1) is 0 Å². The van der Waals surface area contributed by atoms with Crippen LogP contribution in [0.1, 0.15) is 182 Å². The summed E-state index contributed by atoms with van der Waals surface area (Å²) in [6.45, 7) is 5.15. The first-order valence-corrected chi connectivity index (χ1v) is 39.3. The molecule has 25 nitrogen and oxygen atoms in total. The van der Waals surface area contributed by atoms with Crippen molar-refractivity contribution in [2.45, 2.75) is 266 Å². The van der Waals surface area contributed by atoms with Crippen LogP contribution in [0.25, 0.3) is 0 Å². The second-order valence-electron chi connectivity index (χ2n) is 32.3. The van der Waals surface area contributed by atoms with E-state index in [2.05, 4.69) is 16.0 Å². The van der Waals surface area contributed by atoms with Crippen LogP contribution >= 0.6 is 0 Å². The molecule has 5 aliphatic carbocycles. The molecule has 8 aliphatic rings. The largest absolute Gasteiger partial charge is 0.397 e. The zero-order chi connectivity index (χ0) is 80.5. The first kappa shape index (κ1) is 87.4. The average molecular weight is 1560 g/mol. The quantitative estimate of drug-likeness (QED) is 0.124. The van der Waals surface area contributed by atoms with E-state index in [1.807, 2.05) is 0 Å². The highest BCUT2D eigenvalue weighted by Crippen LogP contribution is 2.46. The van der Waals surface area contributed by atoms with Gasteiger partial charge in [-0.25, -0.2) is 8.78 Å². The lowest BCUT2D eigenvalue weighted by Gasteiger charge is -2.46. The summed E-state index contributed by atoms with van der Waals surface area (Å²) in [5.74, 6) is -16.6. The third kappa shape index (κ3) is 21.1. The molecule has 3 aliphatic heterocycles. The number of rotatable bonds is 14. The fraction of sp³-hybridized carbons (Fsp3) is 0.816. The normalized spacial score (nSPS) is 32.4. The lowest BCUT2D eigenvalue weighted by atomic mass is 9.74. The average Bonchev–Trinajstić information content (AvgIpc) is 1.71.